The van der Waals surface area contributed by atoms with Crippen molar-refractivity contribution in [3.63, 3.8) is 0 Å². The summed E-state index contributed by atoms with van der Waals surface area (Å²) in [6, 6.07) is 3.31. The highest BCUT2D eigenvalue weighted by Gasteiger charge is 2.15. The zero-order valence-electron chi connectivity index (χ0n) is 11.4. The first-order valence-electron chi connectivity index (χ1n) is 6.82. The summed E-state index contributed by atoms with van der Waals surface area (Å²) in [5, 5.41) is 10.1. The molecule has 1 aliphatic heterocycles. The van der Waals surface area contributed by atoms with Gasteiger partial charge in [0.15, 0.2) is 11.5 Å². The van der Waals surface area contributed by atoms with Crippen molar-refractivity contribution in [1.82, 2.24) is 4.90 Å². The molecule has 1 aromatic rings. The van der Waals surface area contributed by atoms with E-state index in [1.165, 1.54) is 32.8 Å². The average Bonchev–Trinajstić information content (AvgIpc) is 2.69. The number of ether oxygens (including phenoxy) is 1. The molecule has 0 bridgehead atoms. The molecule has 0 spiro atoms. The summed E-state index contributed by atoms with van der Waals surface area (Å²) < 4.78 is 5.11. The van der Waals surface area contributed by atoms with Crippen LogP contribution in [0.15, 0.2) is 12.1 Å². The first kappa shape index (κ1) is 13.9. The number of benzene rings is 1. The number of hydrogen-bond donors (Lipinski definition) is 1. The van der Waals surface area contributed by atoms with Crippen LogP contribution in [0, 0.1) is 0 Å². The van der Waals surface area contributed by atoms with Crippen molar-refractivity contribution >= 4 is 6.29 Å². The van der Waals surface area contributed by atoms with Gasteiger partial charge in [-0.15, -0.1) is 0 Å². The van der Waals surface area contributed by atoms with Gasteiger partial charge in [-0.2, -0.15) is 0 Å². The number of methoxy groups -OCH3 is 1. The average molecular weight is 263 g/mol. The first-order chi connectivity index (χ1) is 9.24. The van der Waals surface area contributed by atoms with Gasteiger partial charge in [-0.05, 0) is 38.1 Å². The number of aromatic hydroxyl groups is 1. The number of carbonyl (C=O) groups is 1. The Balaban J connectivity index is 2.20. The lowest BCUT2D eigenvalue weighted by molar-refractivity contribution is 0.112. The quantitative estimate of drug-likeness (QED) is 0.848. The summed E-state index contributed by atoms with van der Waals surface area (Å²) in [4.78, 5) is 13.3. The van der Waals surface area contributed by atoms with E-state index in [0.29, 0.717) is 17.9 Å². The second-order valence-electron chi connectivity index (χ2n) is 5.04. The fourth-order valence-electron chi connectivity index (χ4n) is 2.57. The maximum atomic E-state index is 10.9. The van der Waals surface area contributed by atoms with Gasteiger partial charge in [0.1, 0.15) is 6.29 Å². The van der Waals surface area contributed by atoms with Gasteiger partial charge in [0.2, 0.25) is 0 Å². The van der Waals surface area contributed by atoms with Gasteiger partial charge in [-0.1, -0.05) is 12.8 Å². The van der Waals surface area contributed by atoms with E-state index in [2.05, 4.69) is 4.90 Å². The first-order valence-corrected chi connectivity index (χ1v) is 6.82. The van der Waals surface area contributed by atoms with Gasteiger partial charge in [-0.3, -0.25) is 9.69 Å². The molecule has 104 valence electrons. The lowest BCUT2D eigenvalue weighted by Crippen LogP contribution is -2.24. The molecule has 4 nitrogen and oxygen atoms in total. The monoisotopic (exact) mass is 263 g/mol. The van der Waals surface area contributed by atoms with Gasteiger partial charge in [0.05, 0.1) is 7.11 Å². The lowest BCUT2D eigenvalue weighted by atomic mass is 10.1. The van der Waals surface area contributed by atoms with Crippen molar-refractivity contribution in [1.29, 1.82) is 0 Å². The Kier molecular flexibility index (Phi) is 4.80. The Bertz CT molecular complexity index is 437. The predicted octanol–water partition coefficient (Wildman–Crippen LogP) is 2.59. The fraction of sp³-hybridized carbons (Fsp3) is 0.533. The van der Waals surface area contributed by atoms with E-state index in [1.54, 1.807) is 12.1 Å². The molecule has 1 aliphatic rings. The molecule has 0 aromatic heterocycles. The van der Waals surface area contributed by atoms with Gasteiger partial charge < -0.3 is 9.84 Å². The highest BCUT2D eigenvalue weighted by molar-refractivity contribution is 5.77. The van der Waals surface area contributed by atoms with E-state index in [-0.39, 0.29) is 5.75 Å². The maximum Gasteiger partial charge on any atom is 0.162 e. The number of phenolic OH excluding ortho intramolecular Hbond substituents is 1. The maximum absolute atomic E-state index is 10.9. The van der Waals surface area contributed by atoms with Crippen LogP contribution < -0.4 is 4.74 Å². The van der Waals surface area contributed by atoms with Crippen LogP contribution in [-0.2, 0) is 6.54 Å². The predicted molar refractivity (Wildman–Crippen MR) is 73.8 cm³/mol. The third-order valence-electron chi connectivity index (χ3n) is 3.62. The van der Waals surface area contributed by atoms with Crippen LogP contribution in [0.1, 0.15) is 41.6 Å². The number of hydrogen-bond acceptors (Lipinski definition) is 4. The number of nitrogens with zero attached hydrogens (tertiary/aromatic N) is 1. The van der Waals surface area contributed by atoms with E-state index in [4.69, 9.17) is 4.74 Å². The van der Waals surface area contributed by atoms with Gasteiger partial charge in [0, 0.05) is 17.7 Å². The minimum absolute atomic E-state index is 0.150. The van der Waals surface area contributed by atoms with Gasteiger partial charge in [0.25, 0.3) is 0 Å². The zero-order chi connectivity index (χ0) is 13.7. The van der Waals surface area contributed by atoms with Crippen LogP contribution in [0.3, 0.4) is 0 Å². The fourth-order valence-corrected chi connectivity index (χ4v) is 2.57. The Hall–Kier alpha value is -1.55. The second-order valence-corrected chi connectivity index (χ2v) is 5.04. The molecular weight excluding hydrogens is 242 g/mol. The minimum atomic E-state index is 0.150. The van der Waals surface area contributed by atoms with Crippen LogP contribution in [0.4, 0.5) is 0 Å². The summed E-state index contributed by atoms with van der Waals surface area (Å²) in [5.74, 6) is 0.520. The van der Waals surface area contributed by atoms with E-state index in [9.17, 15) is 9.90 Å². The Morgan fingerprint density at radius 3 is 2.53 bits per heavy atom. The highest BCUT2D eigenvalue weighted by Crippen LogP contribution is 2.32. The molecular formula is C15H21NO3. The molecule has 4 heteroatoms. The standard InChI is InChI=1S/C15H21NO3/c1-19-14-9-12(11-17)8-13(15(14)18)10-16-6-4-2-3-5-7-16/h8-9,11,18H,2-7,10H2,1H3. The zero-order valence-corrected chi connectivity index (χ0v) is 11.4. The number of phenols is 1. The molecule has 0 unspecified atom stereocenters. The molecule has 19 heavy (non-hydrogen) atoms. The van der Waals surface area contributed by atoms with Crippen molar-refractivity contribution in [3.8, 4) is 11.5 Å². The Labute approximate surface area is 114 Å². The largest absolute Gasteiger partial charge is 0.504 e. The molecule has 2 rings (SSSR count). The van der Waals surface area contributed by atoms with Gasteiger partial charge in [-0.25, -0.2) is 0 Å². The van der Waals surface area contributed by atoms with E-state index in [0.717, 1.165) is 24.9 Å². The number of aldehydes is 1. The van der Waals surface area contributed by atoms with Gasteiger partial charge >= 0.3 is 0 Å². The normalized spacial score (nSPS) is 16.9. The molecule has 1 fully saturated rings. The topological polar surface area (TPSA) is 49.8 Å². The second kappa shape index (κ2) is 6.57. The van der Waals surface area contributed by atoms with Crippen molar-refractivity contribution in [2.75, 3.05) is 20.2 Å². The van der Waals surface area contributed by atoms with E-state index >= 15 is 0 Å². The van der Waals surface area contributed by atoms with Crippen molar-refractivity contribution in [2.45, 2.75) is 32.2 Å². The number of rotatable bonds is 4. The SMILES string of the molecule is COc1cc(C=O)cc(CN2CCCCCC2)c1O. The summed E-state index contributed by atoms with van der Waals surface area (Å²) in [7, 11) is 1.50. The molecule has 1 aromatic carbocycles. The van der Waals surface area contributed by atoms with Crippen LogP contribution >= 0.6 is 0 Å². The molecule has 0 radical (unpaired) electrons. The van der Waals surface area contributed by atoms with Crippen LogP contribution in [0.5, 0.6) is 11.5 Å². The molecule has 1 saturated heterocycles. The highest BCUT2D eigenvalue weighted by atomic mass is 16.5. The molecule has 1 N–H and O–H groups in total. The molecule has 0 atom stereocenters. The third-order valence-corrected chi connectivity index (χ3v) is 3.62. The molecule has 0 saturated carbocycles. The number of likely N-dealkylation sites (tertiary alicyclic amines) is 1. The Morgan fingerprint density at radius 1 is 1.26 bits per heavy atom. The Morgan fingerprint density at radius 2 is 1.95 bits per heavy atom. The lowest BCUT2D eigenvalue weighted by Gasteiger charge is -2.21. The minimum Gasteiger partial charge on any atom is -0.504 e. The van der Waals surface area contributed by atoms with Crippen molar-refractivity contribution < 1.29 is 14.6 Å². The summed E-state index contributed by atoms with van der Waals surface area (Å²) in [6.07, 6.45) is 5.74. The molecule has 0 aliphatic carbocycles. The third kappa shape index (κ3) is 3.47. The van der Waals surface area contributed by atoms with Crippen LogP contribution in [0.25, 0.3) is 0 Å². The van der Waals surface area contributed by atoms with E-state index in [1.807, 2.05) is 0 Å². The molecule has 0 amide bonds. The van der Waals surface area contributed by atoms with Crippen molar-refractivity contribution in [2.24, 2.45) is 0 Å². The number of carbonyl (C=O) groups excluding carboxylic acids is 1. The molecule has 1 heterocycles. The van der Waals surface area contributed by atoms with E-state index < -0.39 is 0 Å². The summed E-state index contributed by atoms with van der Waals surface area (Å²) in [5.41, 5.74) is 1.31. The summed E-state index contributed by atoms with van der Waals surface area (Å²) >= 11 is 0. The van der Waals surface area contributed by atoms with Crippen LogP contribution in [-0.4, -0.2) is 36.5 Å². The van der Waals surface area contributed by atoms with Crippen LogP contribution in [0.2, 0.25) is 0 Å². The smallest absolute Gasteiger partial charge is 0.162 e. The summed E-state index contributed by atoms with van der Waals surface area (Å²) in [6.45, 7) is 2.77. The van der Waals surface area contributed by atoms with Crippen molar-refractivity contribution in [3.05, 3.63) is 23.3 Å².